The van der Waals surface area contributed by atoms with Gasteiger partial charge < -0.3 is 4.74 Å². The average Bonchev–Trinajstić information content (AvgIpc) is 3.27. The van der Waals surface area contributed by atoms with E-state index >= 15 is 0 Å². The number of rotatable bonds is 8. The molecule has 5 rings (SSSR count). The average molecular weight is 447 g/mol. The molecule has 5 fully saturated rings. The zero-order valence-corrected chi connectivity index (χ0v) is 22.0. The molecule has 0 aromatic carbocycles. The van der Waals surface area contributed by atoms with Gasteiger partial charge in [0.25, 0.3) is 0 Å². The van der Waals surface area contributed by atoms with Gasteiger partial charge in [0.2, 0.25) is 0 Å². The summed E-state index contributed by atoms with van der Waals surface area (Å²) in [7, 11) is 2.01. The summed E-state index contributed by atoms with van der Waals surface area (Å²) in [6, 6.07) is 0. The fraction of sp³-hybridized carbons (Fsp3) is 1.00. The number of hydrogen-bond donors (Lipinski definition) is 0. The monoisotopic (exact) mass is 446 g/mol. The maximum atomic E-state index is 13.1. The summed E-state index contributed by atoms with van der Waals surface area (Å²) in [5.74, 6) is 6.54. The van der Waals surface area contributed by atoms with Crippen molar-refractivity contribution in [3.05, 3.63) is 0 Å². The predicted octanol–water partition coefficient (Wildman–Crippen LogP) is 8.32. The van der Waals surface area contributed by atoms with Crippen molar-refractivity contribution in [3.8, 4) is 0 Å². The van der Waals surface area contributed by atoms with E-state index in [1.807, 2.05) is 7.11 Å². The van der Waals surface area contributed by atoms with Gasteiger partial charge in [-0.3, -0.25) is 4.39 Å². The molecule has 0 aromatic heterocycles. The van der Waals surface area contributed by atoms with Crippen molar-refractivity contribution in [2.75, 3.05) is 13.8 Å². The van der Waals surface area contributed by atoms with E-state index in [0.29, 0.717) is 34.2 Å². The Kier molecular flexibility index (Phi) is 6.08. The first-order valence-corrected chi connectivity index (χ1v) is 14.3. The molecule has 5 saturated carbocycles. The van der Waals surface area contributed by atoms with Crippen LogP contribution in [0.25, 0.3) is 0 Å². The van der Waals surface area contributed by atoms with Crippen molar-refractivity contribution in [3.63, 3.8) is 0 Å². The molecule has 5 aliphatic carbocycles. The predicted molar refractivity (Wildman–Crippen MR) is 131 cm³/mol. The van der Waals surface area contributed by atoms with E-state index in [0.717, 1.165) is 41.9 Å². The molecule has 11 atom stereocenters. The third-order valence-corrected chi connectivity index (χ3v) is 13.0. The van der Waals surface area contributed by atoms with Crippen molar-refractivity contribution in [2.24, 2.45) is 63.6 Å². The van der Waals surface area contributed by atoms with Crippen LogP contribution in [0.5, 0.6) is 0 Å². The summed E-state index contributed by atoms with van der Waals surface area (Å²) in [5, 5.41) is 0. The number of methoxy groups -OCH3 is 1. The smallest absolute Gasteiger partial charge is 0.0897 e. The van der Waals surface area contributed by atoms with Crippen LogP contribution in [0.15, 0.2) is 0 Å². The fourth-order valence-corrected chi connectivity index (χ4v) is 11.2. The van der Waals surface area contributed by atoms with Crippen LogP contribution in [0.3, 0.4) is 0 Å². The van der Waals surface area contributed by atoms with Gasteiger partial charge in [0, 0.05) is 12.5 Å². The topological polar surface area (TPSA) is 9.23 Å². The molecule has 2 heteroatoms. The Bertz CT molecular complexity index is 690. The number of fused-ring (bicyclic) bond motifs is 4. The number of ether oxygens (including phenoxy) is 1. The van der Waals surface area contributed by atoms with Crippen LogP contribution in [0.1, 0.15) is 105 Å². The Morgan fingerprint density at radius 3 is 2.38 bits per heavy atom. The summed E-state index contributed by atoms with van der Waals surface area (Å²) in [6.07, 6.45) is 15.4. The molecule has 0 radical (unpaired) electrons. The van der Waals surface area contributed by atoms with Gasteiger partial charge in [-0.15, -0.1) is 0 Å². The zero-order chi connectivity index (χ0) is 22.9. The van der Waals surface area contributed by atoms with Crippen molar-refractivity contribution < 1.29 is 9.13 Å². The largest absolute Gasteiger partial charge is 0.381 e. The van der Waals surface area contributed by atoms with Crippen molar-refractivity contribution in [1.29, 1.82) is 0 Å². The highest BCUT2D eigenvalue weighted by molar-refractivity contribution is 5.26. The lowest BCUT2D eigenvalue weighted by Gasteiger charge is -2.61. The Labute approximate surface area is 198 Å². The summed E-state index contributed by atoms with van der Waals surface area (Å²) in [6.45, 7) is 12.3. The molecule has 0 bridgehead atoms. The fourth-order valence-electron chi connectivity index (χ4n) is 11.2. The molecule has 5 aliphatic rings. The normalized spacial score (nSPS) is 51.0. The van der Waals surface area contributed by atoms with Gasteiger partial charge in [-0.1, -0.05) is 41.0 Å². The number of halogens is 1. The highest BCUT2D eigenvalue weighted by atomic mass is 19.1. The van der Waals surface area contributed by atoms with Gasteiger partial charge in [-0.05, 0) is 122 Å². The van der Waals surface area contributed by atoms with Gasteiger partial charge in [-0.2, -0.15) is 0 Å². The molecule has 1 nitrogen and oxygen atoms in total. The second kappa shape index (κ2) is 8.23. The minimum atomic E-state index is -0.148. The highest BCUT2D eigenvalue weighted by Gasteiger charge is 2.77. The van der Waals surface area contributed by atoms with E-state index < -0.39 is 0 Å². The van der Waals surface area contributed by atoms with E-state index in [2.05, 4.69) is 34.6 Å². The van der Waals surface area contributed by atoms with Gasteiger partial charge in [-0.25, -0.2) is 0 Å². The van der Waals surface area contributed by atoms with Crippen LogP contribution in [0, 0.1) is 63.6 Å². The summed E-state index contributed by atoms with van der Waals surface area (Å²) in [5.41, 5.74) is 1.61. The standard InChI is InChI=1S/C30H51FO/c1-19(2)21(13-16-31)8-7-20(3)24-9-10-25-23-17-27(32-6)30-18-22(30)11-15-29(30,5)26(23)12-14-28(24,25)4/h19-27H,7-18H2,1-6H3/t20-,21-,22+,23+,24-,25+,26+,27-,28-,29-,30+/m1/s1. The molecule has 32 heavy (non-hydrogen) atoms. The quantitative estimate of drug-likeness (QED) is 0.364. The SMILES string of the molecule is CO[C@@H]1C[C@H]2[C@@H]3CC[C@H]([C@H](C)CC[C@H](CCF)C(C)C)[C@@]3(C)CC[C@@H]2[C@@]2(C)CC[C@H]3C[C@]312. The van der Waals surface area contributed by atoms with Crippen molar-refractivity contribution >= 4 is 0 Å². The van der Waals surface area contributed by atoms with Gasteiger partial charge in [0.05, 0.1) is 12.8 Å². The van der Waals surface area contributed by atoms with E-state index in [4.69, 9.17) is 4.74 Å². The van der Waals surface area contributed by atoms with E-state index in [-0.39, 0.29) is 6.67 Å². The van der Waals surface area contributed by atoms with Crippen molar-refractivity contribution in [2.45, 2.75) is 111 Å². The Balaban J connectivity index is 1.31. The highest BCUT2D eigenvalue weighted by Crippen LogP contribution is 2.82. The molecule has 0 saturated heterocycles. The van der Waals surface area contributed by atoms with Gasteiger partial charge in [0.15, 0.2) is 0 Å². The first-order chi connectivity index (χ1) is 15.2. The second-order valence-corrected chi connectivity index (χ2v) is 14.0. The van der Waals surface area contributed by atoms with Crippen LogP contribution < -0.4 is 0 Å². The molecule has 0 unspecified atom stereocenters. The molecule has 0 N–H and O–H groups in total. The summed E-state index contributed by atoms with van der Waals surface area (Å²) < 4.78 is 19.4. The number of hydrogen-bond acceptors (Lipinski definition) is 1. The summed E-state index contributed by atoms with van der Waals surface area (Å²) >= 11 is 0. The first kappa shape index (κ1) is 23.6. The molecular weight excluding hydrogens is 395 g/mol. The van der Waals surface area contributed by atoms with E-state index in [9.17, 15) is 4.39 Å². The van der Waals surface area contributed by atoms with Crippen LogP contribution in [-0.2, 0) is 4.74 Å². The Morgan fingerprint density at radius 2 is 1.72 bits per heavy atom. The molecule has 0 amide bonds. The Hall–Kier alpha value is -0.110. The molecule has 0 heterocycles. The third-order valence-electron chi connectivity index (χ3n) is 13.0. The lowest BCUT2D eigenvalue weighted by molar-refractivity contribution is -0.161. The number of alkyl halides is 1. The molecular formula is C30H51FO. The lowest BCUT2D eigenvalue weighted by Crippen LogP contribution is -2.57. The Morgan fingerprint density at radius 1 is 0.938 bits per heavy atom. The van der Waals surface area contributed by atoms with Crippen LogP contribution in [-0.4, -0.2) is 19.9 Å². The second-order valence-electron chi connectivity index (χ2n) is 14.0. The molecule has 1 spiro atoms. The first-order valence-electron chi connectivity index (χ1n) is 14.3. The molecule has 184 valence electrons. The van der Waals surface area contributed by atoms with Gasteiger partial charge >= 0.3 is 0 Å². The molecule has 0 aromatic rings. The van der Waals surface area contributed by atoms with E-state index in [1.54, 1.807) is 0 Å². The minimum Gasteiger partial charge on any atom is -0.381 e. The lowest BCUT2D eigenvalue weighted by atomic mass is 9.45. The minimum absolute atomic E-state index is 0.148. The van der Waals surface area contributed by atoms with Crippen LogP contribution in [0.4, 0.5) is 4.39 Å². The van der Waals surface area contributed by atoms with Crippen molar-refractivity contribution in [1.82, 2.24) is 0 Å². The maximum absolute atomic E-state index is 13.1. The maximum Gasteiger partial charge on any atom is 0.0897 e. The summed E-state index contributed by atoms with van der Waals surface area (Å²) in [4.78, 5) is 0. The van der Waals surface area contributed by atoms with Crippen LogP contribution in [0.2, 0.25) is 0 Å². The van der Waals surface area contributed by atoms with Crippen LogP contribution >= 0.6 is 0 Å². The van der Waals surface area contributed by atoms with E-state index in [1.165, 1.54) is 64.2 Å². The third kappa shape index (κ3) is 3.16. The zero-order valence-electron chi connectivity index (χ0n) is 22.0. The van der Waals surface area contributed by atoms with Gasteiger partial charge in [0.1, 0.15) is 0 Å². The molecule has 0 aliphatic heterocycles.